The van der Waals surface area contributed by atoms with E-state index < -0.39 is 12.0 Å². The number of pyridine rings is 1. The zero-order chi connectivity index (χ0) is 22.3. The van der Waals surface area contributed by atoms with Gasteiger partial charge in [0.05, 0.1) is 24.5 Å². The Balaban J connectivity index is 1.93. The molecule has 4 rings (SSSR count). The van der Waals surface area contributed by atoms with Crippen LogP contribution in [0.5, 0.6) is 0 Å². The molecule has 0 unspecified atom stereocenters. The number of aryl methyl sites for hydroxylation is 3. The normalized spacial score (nSPS) is 12.6. The van der Waals surface area contributed by atoms with E-state index >= 15 is 0 Å². The quantitative estimate of drug-likeness (QED) is 0.486. The van der Waals surface area contributed by atoms with Gasteiger partial charge in [-0.05, 0) is 49.6 Å². The fourth-order valence-electron chi connectivity index (χ4n) is 4.61. The molecule has 0 saturated heterocycles. The van der Waals surface area contributed by atoms with Crippen molar-refractivity contribution in [3.63, 3.8) is 0 Å². The molecule has 0 aliphatic rings. The van der Waals surface area contributed by atoms with E-state index in [2.05, 4.69) is 34.8 Å². The van der Waals surface area contributed by atoms with Crippen molar-refractivity contribution in [3.8, 4) is 0 Å². The number of fused-ring (bicyclic) bond motifs is 2. The van der Waals surface area contributed by atoms with Crippen LogP contribution < -0.4 is 5.69 Å². The fourth-order valence-corrected chi connectivity index (χ4v) is 4.61. The SMILES string of the molecule is CCC[C@@H](CC(=O)O)n1c(=O)n(Cc2cn(C)c3cccc(C)c23)c2ccc(C)nc21. The summed E-state index contributed by atoms with van der Waals surface area (Å²) in [5.41, 5.74) is 5.21. The lowest BCUT2D eigenvalue weighted by atomic mass is 10.1. The molecule has 1 atom stereocenters. The molecule has 31 heavy (non-hydrogen) atoms. The van der Waals surface area contributed by atoms with Gasteiger partial charge in [-0.25, -0.2) is 9.78 Å². The molecule has 0 aliphatic carbocycles. The highest BCUT2D eigenvalue weighted by atomic mass is 16.4. The Hall–Kier alpha value is -3.35. The lowest BCUT2D eigenvalue weighted by Crippen LogP contribution is -2.29. The van der Waals surface area contributed by atoms with E-state index in [0.717, 1.165) is 39.7 Å². The standard InChI is InChI=1S/C24H28N4O3/c1-5-7-18(12-21(29)30)28-23-20(11-10-16(3)25-23)27(24(28)31)14-17-13-26(4)19-9-6-8-15(2)22(17)19/h6,8-11,13,18H,5,7,12,14H2,1-4H3,(H,29,30)/t18-/m0/s1. The maximum atomic E-state index is 13.6. The van der Waals surface area contributed by atoms with Crippen molar-refractivity contribution >= 4 is 28.0 Å². The van der Waals surface area contributed by atoms with Crippen LogP contribution in [0, 0.1) is 13.8 Å². The van der Waals surface area contributed by atoms with E-state index in [-0.39, 0.29) is 12.1 Å². The number of hydrogen-bond acceptors (Lipinski definition) is 3. The monoisotopic (exact) mass is 420 g/mol. The minimum atomic E-state index is -0.913. The van der Waals surface area contributed by atoms with Gasteiger partial charge in [-0.1, -0.05) is 25.5 Å². The summed E-state index contributed by atoms with van der Waals surface area (Å²) in [6.07, 6.45) is 3.35. The maximum Gasteiger partial charge on any atom is 0.330 e. The topological polar surface area (TPSA) is 82.0 Å². The van der Waals surface area contributed by atoms with Gasteiger partial charge in [-0.2, -0.15) is 0 Å². The Kier molecular flexibility index (Phi) is 5.43. The predicted molar refractivity (Wildman–Crippen MR) is 122 cm³/mol. The fraction of sp³-hybridized carbons (Fsp3) is 0.375. The van der Waals surface area contributed by atoms with Crippen LogP contribution in [-0.2, 0) is 18.4 Å². The van der Waals surface area contributed by atoms with Crippen molar-refractivity contribution < 1.29 is 9.90 Å². The molecule has 3 heterocycles. The second kappa shape index (κ2) is 8.06. The Labute approximate surface area is 180 Å². The number of nitrogens with zero attached hydrogens (tertiary/aromatic N) is 4. The second-order valence-corrected chi connectivity index (χ2v) is 8.31. The molecule has 0 saturated carbocycles. The van der Waals surface area contributed by atoms with Gasteiger partial charge in [0, 0.05) is 29.8 Å². The molecule has 0 aliphatic heterocycles. The van der Waals surface area contributed by atoms with Crippen molar-refractivity contribution in [2.45, 2.75) is 52.6 Å². The van der Waals surface area contributed by atoms with Crippen LogP contribution >= 0.6 is 0 Å². The van der Waals surface area contributed by atoms with Gasteiger partial charge in [0.25, 0.3) is 0 Å². The third-order valence-corrected chi connectivity index (χ3v) is 5.98. The highest BCUT2D eigenvalue weighted by Gasteiger charge is 2.24. The molecule has 0 fully saturated rings. The molecular formula is C24H28N4O3. The average molecular weight is 421 g/mol. The minimum Gasteiger partial charge on any atom is -0.481 e. The molecule has 0 radical (unpaired) electrons. The Bertz CT molecular complexity index is 1340. The summed E-state index contributed by atoms with van der Waals surface area (Å²) in [5, 5.41) is 10.6. The number of carboxylic acids is 1. The number of imidazole rings is 1. The summed E-state index contributed by atoms with van der Waals surface area (Å²) in [6, 6.07) is 9.57. The predicted octanol–water partition coefficient (Wildman–Crippen LogP) is 4.17. The van der Waals surface area contributed by atoms with Crippen molar-refractivity contribution in [2.24, 2.45) is 7.05 Å². The molecule has 3 aromatic heterocycles. The van der Waals surface area contributed by atoms with E-state index in [4.69, 9.17) is 0 Å². The molecule has 4 aromatic rings. The van der Waals surface area contributed by atoms with Crippen LogP contribution in [0.2, 0.25) is 0 Å². The lowest BCUT2D eigenvalue weighted by molar-refractivity contribution is -0.137. The van der Waals surface area contributed by atoms with Crippen molar-refractivity contribution in [3.05, 3.63) is 63.8 Å². The Morgan fingerprint density at radius 3 is 2.65 bits per heavy atom. The molecule has 1 N–H and O–H groups in total. The minimum absolute atomic E-state index is 0.101. The number of aliphatic carboxylic acids is 1. The Morgan fingerprint density at radius 1 is 1.16 bits per heavy atom. The number of carbonyl (C=O) groups is 1. The highest BCUT2D eigenvalue weighted by molar-refractivity contribution is 5.87. The van der Waals surface area contributed by atoms with Gasteiger partial charge in [0.15, 0.2) is 5.65 Å². The molecule has 162 valence electrons. The van der Waals surface area contributed by atoms with Gasteiger partial charge in [-0.3, -0.25) is 13.9 Å². The molecule has 0 amide bonds. The summed E-state index contributed by atoms with van der Waals surface area (Å²) < 4.78 is 5.40. The number of aromatic nitrogens is 4. The average Bonchev–Trinajstić information content (AvgIpc) is 3.16. The van der Waals surface area contributed by atoms with Crippen molar-refractivity contribution in [2.75, 3.05) is 0 Å². The van der Waals surface area contributed by atoms with Crippen molar-refractivity contribution in [1.29, 1.82) is 0 Å². The zero-order valence-corrected chi connectivity index (χ0v) is 18.4. The summed E-state index contributed by atoms with van der Waals surface area (Å²) in [6.45, 7) is 6.36. The number of carboxylic acid groups (broad SMARTS) is 1. The number of hydrogen-bond donors (Lipinski definition) is 1. The van der Waals surface area contributed by atoms with Crippen LogP contribution in [0.1, 0.15) is 49.0 Å². The highest BCUT2D eigenvalue weighted by Crippen LogP contribution is 2.27. The smallest absolute Gasteiger partial charge is 0.330 e. The van der Waals surface area contributed by atoms with E-state index in [1.807, 2.05) is 39.1 Å². The molecular weight excluding hydrogens is 392 g/mol. The van der Waals surface area contributed by atoms with Gasteiger partial charge in [-0.15, -0.1) is 0 Å². The first kappa shape index (κ1) is 20.9. The summed E-state index contributed by atoms with van der Waals surface area (Å²) >= 11 is 0. The summed E-state index contributed by atoms with van der Waals surface area (Å²) in [5.74, 6) is -0.913. The largest absolute Gasteiger partial charge is 0.481 e. The molecule has 1 aromatic carbocycles. The second-order valence-electron chi connectivity index (χ2n) is 8.31. The van der Waals surface area contributed by atoms with Crippen LogP contribution in [0.3, 0.4) is 0 Å². The van der Waals surface area contributed by atoms with Crippen LogP contribution in [0.15, 0.2) is 41.3 Å². The van der Waals surface area contributed by atoms with Crippen LogP contribution in [-0.4, -0.2) is 29.8 Å². The lowest BCUT2D eigenvalue weighted by Gasteiger charge is -2.15. The van der Waals surface area contributed by atoms with Gasteiger partial charge < -0.3 is 9.67 Å². The first-order valence-corrected chi connectivity index (χ1v) is 10.7. The van der Waals surface area contributed by atoms with E-state index in [1.165, 1.54) is 0 Å². The Morgan fingerprint density at radius 2 is 1.94 bits per heavy atom. The zero-order valence-electron chi connectivity index (χ0n) is 18.4. The first-order valence-electron chi connectivity index (χ1n) is 10.7. The number of rotatable bonds is 7. The van der Waals surface area contributed by atoms with E-state index in [9.17, 15) is 14.7 Å². The molecule has 7 heteroatoms. The third-order valence-electron chi connectivity index (χ3n) is 5.98. The van der Waals surface area contributed by atoms with Gasteiger partial charge in [0.2, 0.25) is 0 Å². The third kappa shape index (κ3) is 3.65. The first-order chi connectivity index (χ1) is 14.8. The van der Waals surface area contributed by atoms with Crippen LogP contribution in [0.4, 0.5) is 0 Å². The van der Waals surface area contributed by atoms with Gasteiger partial charge in [0.1, 0.15) is 0 Å². The molecule has 7 nitrogen and oxygen atoms in total. The van der Waals surface area contributed by atoms with Crippen molar-refractivity contribution in [1.82, 2.24) is 18.7 Å². The maximum absolute atomic E-state index is 13.6. The van der Waals surface area contributed by atoms with Crippen LogP contribution in [0.25, 0.3) is 22.1 Å². The molecule has 0 bridgehead atoms. The van der Waals surface area contributed by atoms with E-state index in [1.54, 1.807) is 9.13 Å². The van der Waals surface area contributed by atoms with Gasteiger partial charge >= 0.3 is 11.7 Å². The van der Waals surface area contributed by atoms with E-state index in [0.29, 0.717) is 18.6 Å². The summed E-state index contributed by atoms with van der Waals surface area (Å²) in [7, 11) is 2.01. The molecule has 0 spiro atoms. The number of benzene rings is 1. The summed E-state index contributed by atoms with van der Waals surface area (Å²) in [4.78, 5) is 29.8.